The molecule has 12 heteroatoms. The summed E-state index contributed by atoms with van der Waals surface area (Å²) in [6.07, 6.45) is 0.596. The van der Waals surface area contributed by atoms with E-state index in [0.29, 0.717) is 54.7 Å². The molecule has 1 fully saturated rings. The minimum Gasteiger partial charge on any atom is -0.486 e. The maximum atomic E-state index is 13.1. The lowest BCUT2D eigenvalue weighted by atomic mass is 9.98. The Hall–Kier alpha value is -3.51. The van der Waals surface area contributed by atoms with Gasteiger partial charge in [0.2, 0.25) is 16.8 Å². The number of carbonyl (C=O) groups excluding carboxylic acids is 2. The van der Waals surface area contributed by atoms with Crippen LogP contribution >= 0.6 is 0 Å². The molecule has 186 valence electrons. The fourth-order valence-corrected chi connectivity index (χ4v) is 5.58. The first-order chi connectivity index (χ1) is 16.9. The summed E-state index contributed by atoms with van der Waals surface area (Å²) in [5.41, 5.74) is 0.493. The van der Waals surface area contributed by atoms with E-state index in [9.17, 15) is 18.0 Å². The standard InChI is InChI=1S/C23H24N2O9S/c26-22(24-16-1-3-19-20(11-16)34-14-33-19)13-32-23(27)15-5-7-25(8-6-15)35(28,29)17-2-4-18-21(12-17)31-10-9-30-18/h1-4,11-12,15H,5-10,13-14H2,(H,24,26). The normalized spacial score (nSPS) is 17.6. The molecule has 2 aromatic rings. The highest BCUT2D eigenvalue weighted by atomic mass is 32.2. The van der Waals surface area contributed by atoms with E-state index in [0.717, 1.165) is 0 Å². The predicted molar refractivity (Wildman–Crippen MR) is 121 cm³/mol. The van der Waals surface area contributed by atoms with Crippen LogP contribution in [0.25, 0.3) is 0 Å². The molecule has 0 bridgehead atoms. The second-order valence-electron chi connectivity index (χ2n) is 8.21. The number of hydrogen-bond donors (Lipinski definition) is 1. The number of piperidine rings is 1. The van der Waals surface area contributed by atoms with E-state index in [2.05, 4.69) is 5.32 Å². The molecule has 1 saturated heterocycles. The molecule has 0 radical (unpaired) electrons. The highest BCUT2D eigenvalue weighted by molar-refractivity contribution is 7.89. The molecule has 0 spiro atoms. The SMILES string of the molecule is O=C(COC(=O)C1CCN(S(=O)(=O)c2ccc3c(c2)OCCO3)CC1)Nc1ccc2c(c1)OCO2. The zero-order chi connectivity index (χ0) is 24.4. The molecule has 2 aromatic carbocycles. The summed E-state index contributed by atoms with van der Waals surface area (Å²) in [6.45, 7) is 0.797. The number of hydrogen-bond acceptors (Lipinski definition) is 9. The van der Waals surface area contributed by atoms with Crippen LogP contribution in [0, 0.1) is 5.92 Å². The average Bonchev–Trinajstić information content (AvgIpc) is 3.35. The number of anilines is 1. The molecule has 11 nitrogen and oxygen atoms in total. The fraction of sp³-hybridized carbons (Fsp3) is 0.391. The van der Waals surface area contributed by atoms with Crippen molar-refractivity contribution in [2.24, 2.45) is 5.92 Å². The molecule has 0 aliphatic carbocycles. The molecule has 0 unspecified atom stereocenters. The van der Waals surface area contributed by atoms with Crippen molar-refractivity contribution in [1.29, 1.82) is 0 Å². The van der Waals surface area contributed by atoms with Crippen molar-refractivity contribution in [3.63, 3.8) is 0 Å². The number of esters is 1. The molecule has 3 aliphatic heterocycles. The van der Waals surface area contributed by atoms with Crippen molar-refractivity contribution in [2.45, 2.75) is 17.7 Å². The molecule has 0 aromatic heterocycles. The van der Waals surface area contributed by atoms with Gasteiger partial charge in [0, 0.05) is 30.9 Å². The summed E-state index contributed by atoms with van der Waals surface area (Å²) in [5.74, 6) is 0.529. The lowest BCUT2D eigenvalue weighted by Gasteiger charge is -2.30. The number of fused-ring (bicyclic) bond motifs is 2. The summed E-state index contributed by atoms with van der Waals surface area (Å²) in [6, 6.07) is 9.49. The number of amides is 1. The highest BCUT2D eigenvalue weighted by Gasteiger charge is 2.33. The summed E-state index contributed by atoms with van der Waals surface area (Å²) < 4.78 is 54.0. The summed E-state index contributed by atoms with van der Waals surface area (Å²) in [5, 5.41) is 2.64. The van der Waals surface area contributed by atoms with Gasteiger partial charge in [-0.3, -0.25) is 9.59 Å². The second kappa shape index (κ2) is 9.62. The van der Waals surface area contributed by atoms with Gasteiger partial charge in [0.25, 0.3) is 5.91 Å². The van der Waals surface area contributed by atoms with E-state index >= 15 is 0 Å². The van der Waals surface area contributed by atoms with Gasteiger partial charge in [0.15, 0.2) is 29.6 Å². The molecule has 0 atom stereocenters. The fourth-order valence-electron chi connectivity index (χ4n) is 4.09. The third kappa shape index (κ3) is 4.98. The van der Waals surface area contributed by atoms with Gasteiger partial charge in [-0.15, -0.1) is 0 Å². The van der Waals surface area contributed by atoms with Crippen LogP contribution in [0.4, 0.5) is 5.69 Å². The van der Waals surface area contributed by atoms with Crippen LogP contribution in [-0.4, -0.2) is 64.3 Å². The summed E-state index contributed by atoms with van der Waals surface area (Å²) >= 11 is 0. The smallest absolute Gasteiger partial charge is 0.309 e. The minimum absolute atomic E-state index is 0.114. The number of ether oxygens (including phenoxy) is 5. The van der Waals surface area contributed by atoms with Crippen LogP contribution in [-0.2, 0) is 24.3 Å². The quantitative estimate of drug-likeness (QED) is 0.585. The predicted octanol–water partition coefficient (Wildman–Crippen LogP) is 1.77. The Morgan fingerprint density at radius 1 is 0.914 bits per heavy atom. The minimum atomic E-state index is -3.75. The Labute approximate surface area is 201 Å². The molecule has 3 heterocycles. The van der Waals surface area contributed by atoms with Gasteiger partial charge in [-0.2, -0.15) is 4.31 Å². The molecular formula is C23H24N2O9S. The number of carbonyl (C=O) groups is 2. The first-order valence-corrected chi connectivity index (χ1v) is 12.6. The first-order valence-electron chi connectivity index (χ1n) is 11.2. The molecule has 0 saturated carbocycles. The second-order valence-corrected chi connectivity index (χ2v) is 10.1. The lowest BCUT2D eigenvalue weighted by Crippen LogP contribution is -2.41. The van der Waals surface area contributed by atoms with E-state index in [4.69, 9.17) is 23.7 Å². The number of benzene rings is 2. The Morgan fingerprint density at radius 3 is 2.37 bits per heavy atom. The van der Waals surface area contributed by atoms with Gasteiger partial charge in [0.1, 0.15) is 13.2 Å². The molecule has 5 rings (SSSR count). The van der Waals surface area contributed by atoms with Crippen LogP contribution in [0.2, 0.25) is 0 Å². The van der Waals surface area contributed by atoms with Crippen molar-refractivity contribution < 1.29 is 41.7 Å². The summed E-state index contributed by atoms with van der Waals surface area (Å²) in [4.78, 5) is 24.7. The van der Waals surface area contributed by atoms with Gasteiger partial charge < -0.3 is 29.0 Å². The van der Waals surface area contributed by atoms with Gasteiger partial charge in [-0.1, -0.05) is 0 Å². The van der Waals surface area contributed by atoms with E-state index in [1.165, 1.54) is 16.4 Å². The monoisotopic (exact) mass is 504 g/mol. The van der Waals surface area contributed by atoms with E-state index < -0.39 is 34.4 Å². The number of rotatable bonds is 6. The van der Waals surface area contributed by atoms with Gasteiger partial charge in [0.05, 0.1) is 10.8 Å². The van der Waals surface area contributed by atoms with Gasteiger partial charge in [-0.05, 0) is 37.1 Å². The van der Waals surface area contributed by atoms with Crippen LogP contribution in [0.5, 0.6) is 23.0 Å². The number of nitrogens with zero attached hydrogens (tertiary/aromatic N) is 1. The zero-order valence-corrected chi connectivity index (χ0v) is 19.5. The summed E-state index contributed by atoms with van der Waals surface area (Å²) in [7, 11) is -3.75. The van der Waals surface area contributed by atoms with E-state index in [-0.39, 0.29) is 24.8 Å². The Balaban J connectivity index is 1.11. The van der Waals surface area contributed by atoms with Crippen LogP contribution in [0.15, 0.2) is 41.3 Å². The van der Waals surface area contributed by atoms with Gasteiger partial charge >= 0.3 is 5.97 Å². The van der Waals surface area contributed by atoms with Crippen molar-refractivity contribution in [3.05, 3.63) is 36.4 Å². The van der Waals surface area contributed by atoms with E-state index in [1.807, 2.05) is 0 Å². The first kappa shape index (κ1) is 23.2. The molecule has 35 heavy (non-hydrogen) atoms. The number of nitrogens with one attached hydrogen (secondary N) is 1. The third-order valence-corrected chi connectivity index (χ3v) is 7.84. The van der Waals surface area contributed by atoms with Gasteiger partial charge in [-0.25, -0.2) is 8.42 Å². The Kier molecular flexibility index (Phi) is 6.39. The molecule has 1 amide bonds. The van der Waals surface area contributed by atoms with Crippen molar-refractivity contribution in [3.8, 4) is 23.0 Å². The van der Waals surface area contributed by atoms with Crippen molar-refractivity contribution >= 4 is 27.6 Å². The van der Waals surface area contributed by atoms with Crippen LogP contribution < -0.4 is 24.3 Å². The Morgan fingerprint density at radius 2 is 1.57 bits per heavy atom. The molecule has 3 aliphatic rings. The largest absolute Gasteiger partial charge is 0.486 e. The van der Waals surface area contributed by atoms with Crippen LogP contribution in [0.1, 0.15) is 12.8 Å². The zero-order valence-electron chi connectivity index (χ0n) is 18.7. The lowest BCUT2D eigenvalue weighted by molar-refractivity contribution is -0.152. The highest BCUT2D eigenvalue weighted by Crippen LogP contribution is 2.35. The Bertz CT molecular complexity index is 1240. The number of sulfonamides is 1. The molecular weight excluding hydrogens is 480 g/mol. The maximum Gasteiger partial charge on any atom is 0.309 e. The average molecular weight is 505 g/mol. The molecule has 1 N–H and O–H groups in total. The van der Waals surface area contributed by atoms with Crippen molar-refractivity contribution in [2.75, 3.05) is 45.0 Å². The van der Waals surface area contributed by atoms with Crippen LogP contribution in [0.3, 0.4) is 0 Å². The van der Waals surface area contributed by atoms with E-state index in [1.54, 1.807) is 24.3 Å². The topological polar surface area (TPSA) is 130 Å². The van der Waals surface area contributed by atoms with Crippen molar-refractivity contribution in [1.82, 2.24) is 4.31 Å². The third-order valence-electron chi connectivity index (χ3n) is 5.94. The maximum absolute atomic E-state index is 13.1.